The van der Waals surface area contributed by atoms with Gasteiger partial charge >= 0.3 is 0 Å². The van der Waals surface area contributed by atoms with Crippen molar-refractivity contribution in [1.29, 1.82) is 0 Å². The fraction of sp³-hybridized carbons (Fsp3) is 0.350. The Morgan fingerprint density at radius 2 is 1.88 bits per heavy atom. The van der Waals surface area contributed by atoms with Crippen molar-refractivity contribution in [1.82, 2.24) is 25.1 Å². The van der Waals surface area contributed by atoms with Gasteiger partial charge in [0.25, 0.3) is 0 Å². The minimum atomic E-state index is 0.457. The van der Waals surface area contributed by atoms with Crippen molar-refractivity contribution in [2.75, 3.05) is 13.1 Å². The number of aromatic amines is 1. The fourth-order valence-corrected chi connectivity index (χ4v) is 3.38. The van der Waals surface area contributed by atoms with E-state index >= 15 is 0 Å². The Labute approximate surface area is 148 Å². The Kier molecular flexibility index (Phi) is 4.57. The number of hydrogen-bond donors (Lipinski definition) is 1. The molecule has 0 spiro atoms. The molecule has 4 rings (SSSR count). The molecule has 1 aliphatic heterocycles. The van der Waals surface area contributed by atoms with Gasteiger partial charge in [0, 0.05) is 18.7 Å². The quantitative estimate of drug-likeness (QED) is 0.793. The third-order valence-electron chi connectivity index (χ3n) is 4.87. The minimum absolute atomic E-state index is 0.457. The molecule has 0 radical (unpaired) electrons. The monoisotopic (exact) mass is 333 g/mol. The predicted octanol–water partition coefficient (Wildman–Crippen LogP) is 3.55. The van der Waals surface area contributed by atoms with Crippen molar-refractivity contribution in [2.24, 2.45) is 0 Å². The highest BCUT2D eigenvalue weighted by Gasteiger charge is 2.23. The smallest absolute Gasteiger partial charge is 0.199 e. The Morgan fingerprint density at radius 1 is 1.08 bits per heavy atom. The van der Waals surface area contributed by atoms with Gasteiger partial charge in [0.2, 0.25) is 0 Å². The predicted molar refractivity (Wildman–Crippen MR) is 98.0 cm³/mol. The second kappa shape index (κ2) is 7.15. The summed E-state index contributed by atoms with van der Waals surface area (Å²) in [5.74, 6) is 2.15. The molecule has 25 heavy (non-hydrogen) atoms. The zero-order valence-electron chi connectivity index (χ0n) is 14.5. The molecule has 3 heterocycles. The molecule has 1 aliphatic rings. The van der Waals surface area contributed by atoms with E-state index in [4.69, 9.17) is 4.98 Å². The fourth-order valence-electron chi connectivity index (χ4n) is 3.38. The first kappa shape index (κ1) is 16.0. The highest BCUT2D eigenvalue weighted by Crippen LogP contribution is 2.27. The van der Waals surface area contributed by atoms with Crippen LogP contribution in [0.5, 0.6) is 0 Å². The molecule has 0 atom stereocenters. The van der Waals surface area contributed by atoms with Crippen LogP contribution in [0.4, 0.5) is 0 Å². The highest BCUT2D eigenvalue weighted by molar-refractivity contribution is 5.48. The normalized spacial score (nSPS) is 16.2. The molecule has 1 saturated heterocycles. The van der Waals surface area contributed by atoms with Crippen LogP contribution in [-0.4, -0.2) is 38.2 Å². The number of aryl methyl sites for hydroxylation is 1. The Hall–Kier alpha value is -2.53. The van der Waals surface area contributed by atoms with E-state index in [1.165, 1.54) is 5.56 Å². The van der Waals surface area contributed by atoms with Crippen molar-refractivity contribution in [3.8, 4) is 11.5 Å². The first-order valence-corrected chi connectivity index (χ1v) is 8.89. The maximum Gasteiger partial charge on any atom is 0.199 e. The van der Waals surface area contributed by atoms with E-state index in [0.29, 0.717) is 11.7 Å². The van der Waals surface area contributed by atoms with Gasteiger partial charge in [0.1, 0.15) is 11.5 Å². The molecule has 128 valence electrons. The number of piperidine rings is 1. The lowest BCUT2D eigenvalue weighted by Crippen LogP contribution is -2.32. The summed E-state index contributed by atoms with van der Waals surface area (Å²) >= 11 is 0. The summed E-state index contributed by atoms with van der Waals surface area (Å²) in [7, 11) is 0. The zero-order chi connectivity index (χ0) is 17.1. The Balaban J connectivity index is 1.37. The molecule has 1 aromatic carbocycles. The molecule has 5 heteroatoms. The van der Waals surface area contributed by atoms with Crippen molar-refractivity contribution in [3.63, 3.8) is 0 Å². The number of likely N-dealkylation sites (tertiary alicyclic amines) is 1. The van der Waals surface area contributed by atoms with Crippen molar-refractivity contribution in [2.45, 2.75) is 32.2 Å². The number of benzene rings is 1. The van der Waals surface area contributed by atoms with Crippen LogP contribution in [0.1, 0.15) is 35.7 Å². The summed E-state index contributed by atoms with van der Waals surface area (Å²) in [6.45, 7) is 5.25. The maximum atomic E-state index is 4.70. The lowest BCUT2D eigenvalue weighted by atomic mass is 9.96. The summed E-state index contributed by atoms with van der Waals surface area (Å²) < 4.78 is 0. The Morgan fingerprint density at radius 3 is 2.60 bits per heavy atom. The van der Waals surface area contributed by atoms with Crippen LogP contribution in [0.15, 0.2) is 48.7 Å². The number of rotatable bonds is 4. The summed E-state index contributed by atoms with van der Waals surface area (Å²) in [4.78, 5) is 11.6. The van der Waals surface area contributed by atoms with Crippen LogP contribution in [-0.2, 0) is 6.54 Å². The summed E-state index contributed by atoms with van der Waals surface area (Å²) in [6, 6.07) is 14.7. The maximum absolute atomic E-state index is 4.70. The number of nitrogens with one attached hydrogen (secondary N) is 1. The molecule has 0 bridgehead atoms. The van der Waals surface area contributed by atoms with E-state index in [1.54, 1.807) is 0 Å². The molecule has 0 saturated carbocycles. The van der Waals surface area contributed by atoms with Crippen LogP contribution < -0.4 is 0 Å². The van der Waals surface area contributed by atoms with Crippen molar-refractivity contribution >= 4 is 0 Å². The molecule has 0 aliphatic carbocycles. The molecule has 1 N–H and O–H groups in total. The average molecular weight is 333 g/mol. The Bertz CT molecular complexity index is 802. The topological polar surface area (TPSA) is 57.7 Å². The SMILES string of the molecule is Cc1ccc(-c2n[nH]c(C3CCN(Cc4ccccc4)CC3)n2)nc1. The van der Waals surface area contributed by atoms with Crippen LogP contribution in [0.25, 0.3) is 11.5 Å². The number of pyridine rings is 1. The van der Waals surface area contributed by atoms with Crippen molar-refractivity contribution < 1.29 is 0 Å². The first-order valence-electron chi connectivity index (χ1n) is 8.89. The van der Waals surface area contributed by atoms with Gasteiger partial charge in [-0.3, -0.25) is 15.0 Å². The molecule has 5 nitrogen and oxygen atoms in total. The lowest BCUT2D eigenvalue weighted by Gasteiger charge is -2.30. The first-order chi connectivity index (χ1) is 12.3. The van der Waals surface area contributed by atoms with Gasteiger partial charge in [-0.25, -0.2) is 4.98 Å². The molecule has 0 unspecified atom stereocenters. The summed E-state index contributed by atoms with van der Waals surface area (Å²) in [5.41, 5.74) is 3.35. The standard InChI is InChI=1S/C20H23N5/c1-15-7-8-18(21-13-15)20-22-19(23-24-20)17-9-11-25(12-10-17)14-16-5-3-2-4-6-16/h2-8,13,17H,9-12,14H2,1H3,(H,22,23,24). The van der Waals surface area contributed by atoms with E-state index in [0.717, 1.165) is 49.6 Å². The highest BCUT2D eigenvalue weighted by atomic mass is 15.2. The largest absolute Gasteiger partial charge is 0.299 e. The van der Waals surface area contributed by atoms with Gasteiger partial charge in [-0.2, -0.15) is 5.10 Å². The molecular formula is C20H23N5. The number of hydrogen-bond acceptors (Lipinski definition) is 4. The zero-order valence-corrected chi connectivity index (χ0v) is 14.5. The van der Waals surface area contributed by atoms with Crippen LogP contribution >= 0.6 is 0 Å². The number of nitrogens with zero attached hydrogens (tertiary/aromatic N) is 4. The molecule has 1 fully saturated rings. The second-order valence-corrected chi connectivity index (χ2v) is 6.80. The van der Waals surface area contributed by atoms with E-state index in [9.17, 15) is 0 Å². The molecule has 0 amide bonds. The average Bonchev–Trinajstić information content (AvgIpc) is 3.14. The number of H-pyrrole nitrogens is 1. The summed E-state index contributed by atoms with van der Waals surface area (Å²) in [5, 5.41) is 7.50. The van der Waals surface area contributed by atoms with Crippen molar-refractivity contribution in [3.05, 3.63) is 65.6 Å². The minimum Gasteiger partial charge on any atom is -0.299 e. The van der Waals surface area contributed by atoms with Gasteiger partial charge in [-0.1, -0.05) is 36.4 Å². The van der Waals surface area contributed by atoms with Gasteiger partial charge in [-0.15, -0.1) is 0 Å². The van der Waals surface area contributed by atoms with E-state index in [1.807, 2.05) is 25.3 Å². The van der Waals surface area contributed by atoms with Crippen LogP contribution in [0.3, 0.4) is 0 Å². The van der Waals surface area contributed by atoms with Gasteiger partial charge in [-0.05, 0) is 50.0 Å². The van der Waals surface area contributed by atoms with Crippen LogP contribution in [0, 0.1) is 6.92 Å². The van der Waals surface area contributed by atoms with E-state index in [-0.39, 0.29) is 0 Å². The third kappa shape index (κ3) is 3.77. The summed E-state index contributed by atoms with van der Waals surface area (Å²) in [6.07, 6.45) is 4.08. The van der Waals surface area contributed by atoms with Crippen LogP contribution in [0.2, 0.25) is 0 Å². The number of aromatic nitrogens is 4. The molecular weight excluding hydrogens is 310 g/mol. The van der Waals surface area contributed by atoms with Gasteiger partial charge < -0.3 is 0 Å². The second-order valence-electron chi connectivity index (χ2n) is 6.80. The molecule has 3 aromatic rings. The van der Waals surface area contributed by atoms with Gasteiger partial charge in [0.05, 0.1) is 0 Å². The van der Waals surface area contributed by atoms with E-state index in [2.05, 4.69) is 50.4 Å². The lowest BCUT2D eigenvalue weighted by molar-refractivity contribution is 0.202. The van der Waals surface area contributed by atoms with E-state index < -0.39 is 0 Å². The molecule has 2 aromatic heterocycles. The third-order valence-corrected chi connectivity index (χ3v) is 4.87. The van der Waals surface area contributed by atoms with Gasteiger partial charge in [0.15, 0.2) is 5.82 Å².